The highest BCUT2D eigenvalue weighted by atomic mass is 79.9. The maximum absolute atomic E-state index is 12.6. The monoisotopic (exact) mass is 459 g/mol. The highest BCUT2D eigenvalue weighted by molar-refractivity contribution is 9.10. The van der Waals surface area contributed by atoms with E-state index in [1.165, 1.54) is 0 Å². The van der Waals surface area contributed by atoms with E-state index in [0.717, 1.165) is 37.3 Å². The lowest BCUT2D eigenvalue weighted by molar-refractivity contribution is -0.121. The molecule has 2 amide bonds. The van der Waals surface area contributed by atoms with Gasteiger partial charge in [0.15, 0.2) is 6.61 Å². The van der Waals surface area contributed by atoms with E-state index in [9.17, 15) is 9.59 Å². The summed E-state index contributed by atoms with van der Waals surface area (Å²) in [4.78, 5) is 29.1. The molecule has 2 aliphatic rings. The largest absolute Gasteiger partial charge is 0.482 e. The van der Waals surface area contributed by atoms with E-state index in [1.807, 2.05) is 12.1 Å². The summed E-state index contributed by atoms with van der Waals surface area (Å²) in [6.45, 7) is 4.54. The van der Waals surface area contributed by atoms with Crippen molar-refractivity contribution in [2.24, 2.45) is 0 Å². The van der Waals surface area contributed by atoms with Crippen molar-refractivity contribution in [1.29, 1.82) is 0 Å². The summed E-state index contributed by atoms with van der Waals surface area (Å²) in [6, 6.07) is 12.6. The normalized spacial score (nSPS) is 16.9. The first kappa shape index (κ1) is 19.9. The van der Waals surface area contributed by atoms with Crippen LogP contribution in [0.5, 0.6) is 5.75 Å². The molecule has 0 saturated carbocycles. The second kappa shape index (κ2) is 8.94. The number of anilines is 2. The lowest BCUT2D eigenvalue weighted by atomic mass is 10.1. The molecule has 29 heavy (non-hydrogen) atoms. The summed E-state index contributed by atoms with van der Waals surface area (Å²) < 4.78 is 11.8. The Morgan fingerprint density at radius 1 is 1.10 bits per heavy atom. The summed E-state index contributed by atoms with van der Waals surface area (Å²) >= 11 is 3.38. The Morgan fingerprint density at radius 3 is 2.72 bits per heavy atom. The molecule has 1 N–H and O–H groups in total. The SMILES string of the molecule is O=C(Nc1ccc2c(c1)N(CCN1CCOCC1)C(=O)CO2)c1cccc(Br)c1. The van der Waals surface area contributed by atoms with Gasteiger partial charge in [0, 0.05) is 41.9 Å². The molecule has 152 valence electrons. The van der Waals surface area contributed by atoms with Crippen molar-refractivity contribution in [2.75, 3.05) is 56.2 Å². The summed E-state index contributed by atoms with van der Waals surface area (Å²) in [7, 11) is 0. The zero-order valence-corrected chi connectivity index (χ0v) is 17.5. The van der Waals surface area contributed by atoms with E-state index in [2.05, 4.69) is 26.1 Å². The van der Waals surface area contributed by atoms with Gasteiger partial charge in [0.25, 0.3) is 11.8 Å². The number of hydrogen-bond acceptors (Lipinski definition) is 5. The predicted molar refractivity (Wildman–Crippen MR) is 114 cm³/mol. The van der Waals surface area contributed by atoms with E-state index >= 15 is 0 Å². The second-order valence-corrected chi connectivity index (χ2v) is 7.85. The minimum Gasteiger partial charge on any atom is -0.482 e. The zero-order chi connectivity index (χ0) is 20.2. The first-order valence-electron chi connectivity index (χ1n) is 9.54. The number of nitrogens with zero attached hydrogens (tertiary/aromatic N) is 2. The Balaban J connectivity index is 1.50. The number of carbonyl (C=O) groups excluding carboxylic acids is 2. The molecular weight excluding hydrogens is 438 g/mol. The van der Waals surface area contributed by atoms with Gasteiger partial charge in [-0.2, -0.15) is 0 Å². The molecule has 1 fully saturated rings. The van der Waals surface area contributed by atoms with Gasteiger partial charge in [0.2, 0.25) is 0 Å². The molecule has 0 spiro atoms. The van der Waals surface area contributed by atoms with Crippen molar-refractivity contribution in [3.05, 3.63) is 52.5 Å². The summed E-state index contributed by atoms with van der Waals surface area (Å²) in [5.74, 6) is 0.349. The minimum absolute atomic E-state index is 0.0276. The van der Waals surface area contributed by atoms with Crippen LogP contribution in [0, 0.1) is 0 Å². The van der Waals surface area contributed by atoms with Gasteiger partial charge in [-0.15, -0.1) is 0 Å². The maximum atomic E-state index is 12.6. The third kappa shape index (κ3) is 4.77. The van der Waals surface area contributed by atoms with Crippen molar-refractivity contribution in [3.63, 3.8) is 0 Å². The molecule has 2 aromatic rings. The molecule has 0 bridgehead atoms. The van der Waals surface area contributed by atoms with Crippen molar-refractivity contribution in [3.8, 4) is 5.75 Å². The van der Waals surface area contributed by atoms with Gasteiger partial charge in [-0.05, 0) is 36.4 Å². The number of nitrogens with one attached hydrogen (secondary N) is 1. The number of hydrogen-bond donors (Lipinski definition) is 1. The fourth-order valence-electron chi connectivity index (χ4n) is 3.42. The molecule has 0 aromatic heterocycles. The fourth-order valence-corrected chi connectivity index (χ4v) is 3.82. The number of carbonyl (C=O) groups is 2. The fraction of sp³-hybridized carbons (Fsp3) is 0.333. The number of amides is 2. The summed E-state index contributed by atoms with van der Waals surface area (Å²) in [5.41, 5.74) is 1.85. The lowest BCUT2D eigenvalue weighted by Gasteiger charge is -2.33. The average Bonchev–Trinajstić information content (AvgIpc) is 2.74. The van der Waals surface area contributed by atoms with Gasteiger partial charge in [0.05, 0.1) is 18.9 Å². The predicted octanol–water partition coefficient (Wildman–Crippen LogP) is 2.76. The van der Waals surface area contributed by atoms with Gasteiger partial charge < -0.3 is 19.7 Å². The van der Waals surface area contributed by atoms with Crippen LogP contribution >= 0.6 is 15.9 Å². The first-order chi connectivity index (χ1) is 14.1. The third-order valence-corrected chi connectivity index (χ3v) is 5.48. The summed E-state index contributed by atoms with van der Waals surface area (Å²) in [6.07, 6.45) is 0. The minimum atomic E-state index is -0.214. The molecule has 4 rings (SSSR count). The van der Waals surface area contributed by atoms with Gasteiger partial charge in [-0.25, -0.2) is 0 Å². The lowest BCUT2D eigenvalue weighted by Crippen LogP contribution is -2.45. The van der Waals surface area contributed by atoms with Gasteiger partial charge in [-0.3, -0.25) is 14.5 Å². The number of fused-ring (bicyclic) bond motifs is 1. The van der Waals surface area contributed by atoms with Crippen LogP contribution in [-0.2, 0) is 9.53 Å². The summed E-state index contributed by atoms with van der Waals surface area (Å²) in [5, 5.41) is 2.90. The van der Waals surface area contributed by atoms with Gasteiger partial charge in [-0.1, -0.05) is 22.0 Å². The topological polar surface area (TPSA) is 71.1 Å². The Kier molecular flexibility index (Phi) is 6.13. The van der Waals surface area contributed by atoms with Crippen molar-refractivity contribution in [1.82, 2.24) is 4.90 Å². The van der Waals surface area contributed by atoms with Crippen LogP contribution in [0.4, 0.5) is 11.4 Å². The van der Waals surface area contributed by atoms with Crippen molar-refractivity contribution >= 4 is 39.1 Å². The molecule has 2 heterocycles. The van der Waals surface area contributed by atoms with E-state index in [1.54, 1.807) is 35.2 Å². The average molecular weight is 460 g/mol. The molecule has 7 nitrogen and oxygen atoms in total. The quantitative estimate of drug-likeness (QED) is 0.744. The highest BCUT2D eigenvalue weighted by Gasteiger charge is 2.26. The first-order valence-corrected chi connectivity index (χ1v) is 10.3. The zero-order valence-electron chi connectivity index (χ0n) is 15.9. The molecular formula is C21H22BrN3O4. The number of morpholine rings is 1. The second-order valence-electron chi connectivity index (χ2n) is 6.94. The smallest absolute Gasteiger partial charge is 0.265 e. The maximum Gasteiger partial charge on any atom is 0.265 e. The van der Waals surface area contributed by atoms with Crippen LogP contribution in [0.2, 0.25) is 0 Å². The Hall–Kier alpha value is -2.42. The van der Waals surface area contributed by atoms with E-state index in [-0.39, 0.29) is 18.4 Å². The molecule has 0 atom stereocenters. The van der Waals surface area contributed by atoms with Crippen LogP contribution in [0.15, 0.2) is 46.9 Å². The van der Waals surface area contributed by atoms with Crippen LogP contribution in [0.1, 0.15) is 10.4 Å². The molecule has 2 aromatic carbocycles. The Bertz CT molecular complexity index is 915. The third-order valence-electron chi connectivity index (χ3n) is 4.99. The van der Waals surface area contributed by atoms with Gasteiger partial charge in [0.1, 0.15) is 5.75 Å². The molecule has 0 radical (unpaired) electrons. The number of rotatable bonds is 5. The van der Waals surface area contributed by atoms with E-state index in [0.29, 0.717) is 29.2 Å². The van der Waals surface area contributed by atoms with E-state index in [4.69, 9.17) is 9.47 Å². The van der Waals surface area contributed by atoms with Crippen molar-refractivity contribution < 1.29 is 19.1 Å². The molecule has 1 saturated heterocycles. The van der Waals surface area contributed by atoms with Crippen LogP contribution < -0.4 is 15.0 Å². The number of halogens is 1. The molecule has 0 unspecified atom stereocenters. The molecule has 0 aliphatic carbocycles. The highest BCUT2D eigenvalue weighted by Crippen LogP contribution is 2.34. The Morgan fingerprint density at radius 2 is 1.93 bits per heavy atom. The van der Waals surface area contributed by atoms with Gasteiger partial charge >= 0.3 is 0 Å². The van der Waals surface area contributed by atoms with Crippen molar-refractivity contribution in [2.45, 2.75) is 0 Å². The number of ether oxygens (including phenoxy) is 2. The standard InChI is InChI=1S/C21H22BrN3O4/c22-16-3-1-2-15(12-16)21(27)23-17-4-5-19-18(13-17)25(20(26)14-29-19)7-6-24-8-10-28-11-9-24/h1-5,12-13H,6-11,14H2,(H,23,27). The van der Waals surface area contributed by atoms with Crippen LogP contribution in [0.3, 0.4) is 0 Å². The van der Waals surface area contributed by atoms with Crippen LogP contribution in [-0.4, -0.2) is 62.7 Å². The van der Waals surface area contributed by atoms with E-state index < -0.39 is 0 Å². The number of benzene rings is 2. The molecule has 2 aliphatic heterocycles. The Labute approximate surface area is 177 Å². The molecule has 8 heteroatoms. The van der Waals surface area contributed by atoms with Crippen LogP contribution in [0.25, 0.3) is 0 Å².